The van der Waals surface area contributed by atoms with Crippen molar-refractivity contribution in [2.24, 2.45) is 7.05 Å². The number of carbonyl (C=O) groups excluding carboxylic acids is 1. The van der Waals surface area contributed by atoms with Crippen molar-refractivity contribution in [1.29, 1.82) is 0 Å². The summed E-state index contributed by atoms with van der Waals surface area (Å²) in [6.45, 7) is 1.82. The van der Waals surface area contributed by atoms with Gasteiger partial charge in [-0.1, -0.05) is 0 Å². The number of thiophene rings is 1. The fraction of sp³-hybridized carbons (Fsp3) is 0.462. The fourth-order valence-electron chi connectivity index (χ4n) is 2.23. The van der Waals surface area contributed by atoms with Crippen LogP contribution in [0.15, 0.2) is 11.1 Å². The van der Waals surface area contributed by atoms with E-state index in [0.717, 1.165) is 18.4 Å². The minimum atomic E-state index is -0.0959. The van der Waals surface area contributed by atoms with E-state index in [0.29, 0.717) is 21.1 Å². The fourth-order valence-corrected chi connectivity index (χ4v) is 3.27. The van der Waals surface area contributed by atoms with E-state index < -0.39 is 0 Å². The van der Waals surface area contributed by atoms with Gasteiger partial charge in [0.1, 0.15) is 4.83 Å². The molecule has 0 bridgehead atoms. The maximum absolute atomic E-state index is 12.2. The number of aromatic nitrogens is 2. The molecule has 1 aliphatic rings. The van der Waals surface area contributed by atoms with Gasteiger partial charge in [-0.15, -0.1) is 11.3 Å². The molecule has 5 nitrogen and oxygen atoms in total. The Hall–Kier alpha value is -1.69. The maximum Gasteiger partial charge on any atom is 0.262 e. The van der Waals surface area contributed by atoms with Crippen LogP contribution in [0, 0.1) is 6.92 Å². The zero-order valence-corrected chi connectivity index (χ0v) is 11.7. The zero-order chi connectivity index (χ0) is 13.6. The number of fused-ring (bicyclic) bond motifs is 1. The lowest BCUT2D eigenvalue weighted by Crippen LogP contribution is -2.39. The summed E-state index contributed by atoms with van der Waals surface area (Å²) in [5.74, 6) is -0.0766. The molecule has 19 heavy (non-hydrogen) atoms. The Morgan fingerprint density at radius 1 is 1.53 bits per heavy atom. The summed E-state index contributed by atoms with van der Waals surface area (Å²) >= 11 is 1.29. The van der Waals surface area contributed by atoms with E-state index >= 15 is 0 Å². The van der Waals surface area contributed by atoms with Gasteiger partial charge in [0.2, 0.25) is 0 Å². The predicted molar refractivity (Wildman–Crippen MR) is 74.7 cm³/mol. The molecule has 0 saturated heterocycles. The minimum absolute atomic E-state index is 0.0766. The monoisotopic (exact) mass is 277 g/mol. The highest BCUT2D eigenvalue weighted by Crippen LogP contribution is 2.27. The molecule has 3 rings (SSSR count). The van der Waals surface area contributed by atoms with Crippen molar-refractivity contribution in [2.75, 3.05) is 0 Å². The standard InChI is InChI=1S/C13H15N3O2S/c1-7-9-12(14-6-16(2)13(9)18)19-10(7)11(17)15-8-4-3-5-8/h6,8H,3-5H2,1-2H3,(H,15,17). The van der Waals surface area contributed by atoms with Crippen molar-refractivity contribution >= 4 is 27.5 Å². The summed E-state index contributed by atoms with van der Waals surface area (Å²) in [6, 6.07) is 0.299. The highest BCUT2D eigenvalue weighted by Gasteiger charge is 2.24. The highest BCUT2D eigenvalue weighted by atomic mass is 32.1. The number of carbonyl (C=O) groups is 1. The Kier molecular flexibility index (Phi) is 2.89. The van der Waals surface area contributed by atoms with Gasteiger partial charge in [0.15, 0.2) is 0 Å². The molecule has 0 aromatic carbocycles. The largest absolute Gasteiger partial charge is 0.349 e. The number of amides is 1. The summed E-state index contributed by atoms with van der Waals surface area (Å²) in [5, 5.41) is 3.57. The summed E-state index contributed by atoms with van der Waals surface area (Å²) in [7, 11) is 1.67. The van der Waals surface area contributed by atoms with Gasteiger partial charge in [0.25, 0.3) is 11.5 Å². The third-order valence-corrected chi connectivity index (χ3v) is 4.86. The third-order valence-electron chi connectivity index (χ3n) is 3.66. The number of hydrogen-bond acceptors (Lipinski definition) is 4. The Morgan fingerprint density at radius 2 is 2.26 bits per heavy atom. The van der Waals surface area contributed by atoms with Crippen LogP contribution < -0.4 is 10.9 Å². The van der Waals surface area contributed by atoms with E-state index in [4.69, 9.17) is 0 Å². The quantitative estimate of drug-likeness (QED) is 0.906. The van der Waals surface area contributed by atoms with E-state index in [1.807, 2.05) is 6.92 Å². The topological polar surface area (TPSA) is 64.0 Å². The molecule has 1 saturated carbocycles. The van der Waals surface area contributed by atoms with Gasteiger partial charge in [-0.2, -0.15) is 0 Å². The van der Waals surface area contributed by atoms with Crippen LogP contribution in [-0.2, 0) is 7.05 Å². The minimum Gasteiger partial charge on any atom is -0.349 e. The molecule has 1 N–H and O–H groups in total. The molecule has 2 aromatic heterocycles. The van der Waals surface area contributed by atoms with E-state index in [-0.39, 0.29) is 11.5 Å². The van der Waals surface area contributed by atoms with Gasteiger partial charge >= 0.3 is 0 Å². The Bertz CT molecular complexity index is 712. The number of hydrogen-bond donors (Lipinski definition) is 1. The number of aryl methyl sites for hydroxylation is 2. The van der Waals surface area contributed by atoms with Crippen molar-refractivity contribution in [1.82, 2.24) is 14.9 Å². The lowest BCUT2D eigenvalue weighted by Gasteiger charge is -2.26. The molecule has 0 radical (unpaired) electrons. The van der Waals surface area contributed by atoms with Gasteiger partial charge < -0.3 is 9.88 Å². The van der Waals surface area contributed by atoms with Crippen LogP contribution in [0.1, 0.15) is 34.5 Å². The molecule has 100 valence electrons. The first-order valence-corrected chi connectivity index (χ1v) is 7.15. The molecule has 1 fully saturated rings. The summed E-state index contributed by atoms with van der Waals surface area (Å²) < 4.78 is 1.44. The SMILES string of the molecule is Cc1c(C(=O)NC2CCC2)sc2ncn(C)c(=O)c12. The van der Waals surface area contributed by atoms with Gasteiger partial charge in [-0.25, -0.2) is 4.98 Å². The van der Waals surface area contributed by atoms with Gasteiger partial charge in [-0.3, -0.25) is 9.59 Å². The Balaban J connectivity index is 2.04. The third kappa shape index (κ3) is 1.96. The van der Waals surface area contributed by atoms with Crippen molar-refractivity contribution in [3.63, 3.8) is 0 Å². The van der Waals surface area contributed by atoms with Crippen LogP contribution in [0.25, 0.3) is 10.2 Å². The molecule has 1 amide bonds. The lowest BCUT2D eigenvalue weighted by atomic mass is 9.93. The van der Waals surface area contributed by atoms with Crippen LogP contribution in [0.3, 0.4) is 0 Å². The van der Waals surface area contributed by atoms with Crippen molar-refractivity contribution in [3.05, 3.63) is 27.1 Å². The maximum atomic E-state index is 12.2. The smallest absolute Gasteiger partial charge is 0.262 e. The Labute approximate surface area is 114 Å². The molecule has 6 heteroatoms. The molecular formula is C13H15N3O2S. The van der Waals surface area contributed by atoms with Crippen LogP contribution in [-0.4, -0.2) is 21.5 Å². The lowest BCUT2D eigenvalue weighted by molar-refractivity contribution is 0.0920. The van der Waals surface area contributed by atoms with Crippen molar-refractivity contribution < 1.29 is 4.79 Å². The summed E-state index contributed by atoms with van der Waals surface area (Å²) in [6.07, 6.45) is 4.78. The van der Waals surface area contributed by atoms with Crippen LogP contribution >= 0.6 is 11.3 Å². The first-order chi connectivity index (χ1) is 9.08. The van der Waals surface area contributed by atoms with E-state index in [2.05, 4.69) is 10.3 Å². The number of nitrogens with zero attached hydrogens (tertiary/aromatic N) is 2. The van der Waals surface area contributed by atoms with Crippen LogP contribution in [0.2, 0.25) is 0 Å². The van der Waals surface area contributed by atoms with Crippen molar-refractivity contribution in [2.45, 2.75) is 32.2 Å². The van der Waals surface area contributed by atoms with Crippen LogP contribution in [0.4, 0.5) is 0 Å². The second-order valence-electron chi connectivity index (χ2n) is 5.00. The highest BCUT2D eigenvalue weighted by molar-refractivity contribution is 7.20. The molecule has 2 heterocycles. The molecule has 0 aliphatic heterocycles. The molecule has 0 atom stereocenters. The van der Waals surface area contributed by atoms with E-state index in [1.165, 1.54) is 28.7 Å². The van der Waals surface area contributed by atoms with Gasteiger partial charge in [-0.05, 0) is 31.7 Å². The second kappa shape index (κ2) is 4.45. The molecule has 0 unspecified atom stereocenters. The molecule has 1 aliphatic carbocycles. The van der Waals surface area contributed by atoms with Gasteiger partial charge in [0, 0.05) is 13.1 Å². The second-order valence-corrected chi connectivity index (χ2v) is 6.00. The summed E-state index contributed by atoms with van der Waals surface area (Å²) in [4.78, 5) is 29.7. The van der Waals surface area contributed by atoms with Gasteiger partial charge in [0.05, 0.1) is 16.6 Å². The van der Waals surface area contributed by atoms with E-state index in [9.17, 15) is 9.59 Å². The average Bonchev–Trinajstić information content (AvgIpc) is 2.67. The number of nitrogens with one attached hydrogen (secondary N) is 1. The number of rotatable bonds is 2. The Morgan fingerprint density at radius 3 is 2.89 bits per heavy atom. The first kappa shape index (κ1) is 12.3. The average molecular weight is 277 g/mol. The van der Waals surface area contributed by atoms with E-state index in [1.54, 1.807) is 7.05 Å². The van der Waals surface area contributed by atoms with Crippen LogP contribution in [0.5, 0.6) is 0 Å². The predicted octanol–water partition coefficient (Wildman–Crippen LogP) is 1.59. The zero-order valence-electron chi connectivity index (χ0n) is 10.9. The summed E-state index contributed by atoms with van der Waals surface area (Å²) in [5.41, 5.74) is 0.645. The van der Waals surface area contributed by atoms with Crippen molar-refractivity contribution in [3.8, 4) is 0 Å². The normalized spacial score (nSPS) is 15.5. The molecule has 2 aromatic rings. The molecule has 0 spiro atoms. The molecular weight excluding hydrogens is 262 g/mol. The first-order valence-electron chi connectivity index (χ1n) is 6.33.